The third kappa shape index (κ3) is 4.48. The molecule has 0 aliphatic heterocycles. The van der Waals surface area contributed by atoms with Gasteiger partial charge >= 0.3 is 0 Å². The van der Waals surface area contributed by atoms with E-state index in [0.717, 1.165) is 56.7 Å². The van der Waals surface area contributed by atoms with Gasteiger partial charge in [-0.1, -0.05) is 32.1 Å². The fourth-order valence-corrected chi connectivity index (χ4v) is 2.84. The van der Waals surface area contributed by atoms with Crippen molar-refractivity contribution in [1.82, 2.24) is 5.32 Å². The van der Waals surface area contributed by atoms with Crippen LogP contribution in [-0.4, -0.2) is 21.8 Å². The molecule has 1 aliphatic carbocycles. The molecule has 1 aliphatic rings. The van der Waals surface area contributed by atoms with E-state index in [1.54, 1.807) is 0 Å². The number of carbonyl (C=O) groups excluding carboxylic acids is 1. The van der Waals surface area contributed by atoms with Gasteiger partial charge in [0.05, 0.1) is 15.9 Å². The Morgan fingerprint density at radius 1 is 1.00 bits per heavy atom. The minimum Gasteiger partial charge on any atom is -0.349 e. The minimum atomic E-state index is -0.764. The van der Waals surface area contributed by atoms with Crippen LogP contribution in [0.5, 0.6) is 0 Å². The molecule has 1 N–H and O–H groups in total. The number of nitrogens with zero attached hydrogens (tertiary/aromatic N) is 2. The summed E-state index contributed by atoms with van der Waals surface area (Å²) in [5.74, 6) is -0.544. The Morgan fingerprint density at radius 3 is 2.17 bits per heavy atom. The molecule has 1 aromatic carbocycles. The molecule has 0 aromatic heterocycles. The number of nitro benzene ring substituents is 2. The Kier molecular flexibility index (Phi) is 5.61. The van der Waals surface area contributed by atoms with Gasteiger partial charge < -0.3 is 5.32 Å². The summed E-state index contributed by atoms with van der Waals surface area (Å²) in [7, 11) is 0. The zero-order valence-electron chi connectivity index (χ0n) is 12.7. The second-order valence-electron chi connectivity index (χ2n) is 5.73. The summed E-state index contributed by atoms with van der Waals surface area (Å²) < 4.78 is 0. The zero-order valence-corrected chi connectivity index (χ0v) is 12.7. The first-order chi connectivity index (χ1) is 11.0. The molecule has 0 heterocycles. The third-order valence-corrected chi connectivity index (χ3v) is 4.07. The van der Waals surface area contributed by atoms with Crippen LogP contribution in [0.1, 0.15) is 55.3 Å². The monoisotopic (exact) mass is 321 g/mol. The summed E-state index contributed by atoms with van der Waals surface area (Å²) in [5.41, 5.74) is -1.08. The van der Waals surface area contributed by atoms with E-state index in [1.807, 2.05) is 0 Å². The van der Waals surface area contributed by atoms with Crippen molar-refractivity contribution >= 4 is 17.3 Å². The standard InChI is InChI=1S/C15H19N3O5/c19-15(16-11-6-4-2-1-3-5-7-11)13-9-8-12(17(20)21)10-14(13)18(22)23/h8-11H,1-7H2,(H,16,19). The highest BCUT2D eigenvalue weighted by Gasteiger charge is 2.25. The highest BCUT2D eigenvalue weighted by Crippen LogP contribution is 2.25. The number of hydrogen-bond donors (Lipinski definition) is 1. The largest absolute Gasteiger partial charge is 0.349 e. The van der Waals surface area contributed by atoms with Gasteiger partial charge in [0.25, 0.3) is 17.3 Å². The van der Waals surface area contributed by atoms with Crippen LogP contribution in [0.25, 0.3) is 0 Å². The van der Waals surface area contributed by atoms with Crippen molar-refractivity contribution in [2.45, 2.75) is 51.0 Å². The number of carbonyl (C=O) groups is 1. The molecule has 1 amide bonds. The van der Waals surface area contributed by atoms with E-state index in [2.05, 4.69) is 5.32 Å². The number of rotatable bonds is 4. The van der Waals surface area contributed by atoms with Gasteiger partial charge in [0.1, 0.15) is 5.56 Å². The van der Waals surface area contributed by atoms with E-state index in [0.29, 0.717) is 0 Å². The maximum absolute atomic E-state index is 12.3. The number of non-ortho nitro benzene ring substituents is 1. The van der Waals surface area contributed by atoms with Crippen LogP contribution in [0.3, 0.4) is 0 Å². The smallest absolute Gasteiger partial charge is 0.289 e. The predicted molar refractivity (Wildman–Crippen MR) is 83.3 cm³/mol. The predicted octanol–water partition coefficient (Wildman–Crippen LogP) is 3.35. The fourth-order valence-electron chi connectivity index (χ4n) is 2.84. The number of benzene rings is 1. The molecule has 8 nitrogen and oxygen atoms in total. The van der Waals surface area contributed by atoms with Gasteiger partial charge in [-0.25, -0.2) is 0 Å². The fraction of sp³-hybridized carbons (Fsp3) is 0.533. The summed E-state index contributed by atoms with van der Waals surface area (Å²) in [6, 6.07) is 3.08. The van der Waals surface area contributed by atoms with Crippen molar-refractivity contribution < 1.29 is 14.6 Å². The summed E-state index contributed by atoms with van der Waals surface area (Å²) in [6.45, 7) is 0. The zero-order chi connectivity index (χ0) is 16.8. The highest BCUT2D eigenvalue weighted by molar-refractivity contribution is 5.98. The quantitative estimate of drug-likeness (QED) is 0.674. The summed E-state index contributed by atoms with van der Waals surface area (Å²) in [6.07, 6.45) is 7.21. The van der Waals surface area contributed by atoms with Crippen molar-refractivity contribution in [3.8, 4) is 0 Å². The lowest BCUT2D eigenvalue weighted by Crippen LogP contribution is -2.35. The van der Waals surface area contributed by atoms with E-state index in [1.165, 1.54) is 6.42 Å². The van der Waals surface area contributed by atoms with Crippen LogP contribution >= 0.6 is 0 Å². The Hall–Kier alpha value is -2.51. The van der Waals surface area contributed by atoms with Crippen molar-refractivity contribution in [1.29, 1.82) is 0 Å². The van der Waals surface area contributed by atoms with Crippen LogP contribution in [0.4, 0.5) is 11.4 Å². The van der Waals surface area contributed by atoms with E-state index in [4.69, 9.17) is 0 Å². The topological polar surface area (TPSA) is 115 Å². The molecule has 0 radical (unpaired) electrons. The second kappa shape index (κ2) is 7.66. The van der Waals surface area contributed by atoms with E-state index < -0.39 is 27.1 Å². The molecule has 0 saturated heterocycles. The maximum atomic E-state index is 12.3. The van der Waals surface area contributed by atoms with Gasteiger partial charge in [-0.3, -0.25) is 25.0 Å². The average molecular weight is 321 g/mol. The van der Waals surface area contributed by atoms with Crippen molar-refractivity contribution in [3.63, 3.8) is 0 Å². The van der Waals surface area contributed by atoms with E-state index >= 15 is 0 Å². The SMILES string of the molecule is O=C(NC1CCCCCCC1)c1ccc([N+](=O)[O-])cc1[N+](=O)[O-]. The van der Waals surface area contributed by atoms with Gasteiger partial charge in [0.15, 0.2) is 0 Å². The van der Waals surface area contributed by atoms with Crippen LogP contribution in [0.2, 0.25) is 0 Å². The molecule has 1 aromatic rings. The normalized spacial score (nSPS) is 16.2. The molecule has 0 spiro atoms. The Labute approximate surface area is 133 Å². The molecular weight excluding hydrogens is 302 g/mol. The molecule has 23 heavy (non-hydrogen) atoms. The first kappa shape index (κ1) is 16.9. The summed E-state index contributed by atoms with van der Waals surface area (Å²) >= 11 is 0. The molecule has 2 rings (SSSR count). The highest BCUT2D eigenvalue weighted by atomic mass is 16.6. The summed E-state index contributed by atoms with van der Waals surface area (Å²) in [5, 5.41) is 24.7. The summed E-state index contributed by atoms with van der Waals surface area (Å²) in [4.78, 5) is 32.7. The van der Waals surface area contributed by atoms with Crippen LogP contribution in [0.15, 0.2) is 18.2 Å². The Morgan fingerprint density at radius 2 is 1.61 bits per heavy atom. The Bertz CT molecular complexity index is 609. The molecule has 1 fully saturated rings. The van der Waals surface area contributed by atoms with Crippen molar-refractivity contribution in [2.75, 3.05) is 0 Å². The molecule has 8 heteroatoms. The molecule has 0 unspecified atom stereocenters. The first-order valence-corrected chi connectivity index (χ1v) is 7.72. The van der Waals surface area contributed by atoms with Crippen LogP contribution < -0.4 is 5.32 Å². The first-order valence-electron chi connectivity index (χ1n) is 7.72. The van der Waals surface area contributed by atoms with Gasteiger partial charge in [0.2, 0.25) is 0 Å². The van der Waals surface area contributed by atoms with Gasteiger partial charge in [-0.05, 0) is 18.9 Å². The number of nitro groups is 2. The maximum Gasteiger partial charge on any atom is 0.289 e. The van der Waals surface area contributed by atoms with E-state index in [9.17, 15) is 25.0 Å². The van der Waals surface area contributed by atoms with Crippen LogP contribution in [-0.2, 0) is 0 Å². The third-order valence-electron chi connectivity index (χ3n) is 4.07. The van der Waals surface area contributed by atoms with Gasteiger partial charge in [-0.15, -0.1) is 0 Å². The molecule has 0 bridgehead atoms. The minimum absolute atomic E-state index is 0.00223. The molecule has 124 valence electrons. The number of amides is 1. The molecule has 0 atom stereocenters. The lowest BCUT2D eigenvalue weighted by molar-refractivity contribution is -0.394. The second-order valence-corrected chi connectivity index (χ2v) is 5.73. The van der Waals surface area contributed by atoms with E-state index in [-0.39, 0.29) is 11.6 Å². The lowest BCUT2D eigenvalue weighted by atomic mass is 9.96. The van der Waals surface area contributed by atoms with Crippen molar-refractivity contribution in [3.05, 3.63) is 44.0 Å². The molecular formula is C15H19N3O5. The van der Waals surface area contributed by atoms with Gasteiger partial charge in [0, 0.05) is 12.1 Å². The number of hydrogen-bond acceptors (Lipinski definition) is 5. The Balaban J connectivity index is 2.17. The van der Waals surface area contributed by atoms with Crippen molar-refractivity contribution in [2.24, 2.45) is 0 Å². The molecule has 1 saturated carbocycles. The van der Waals surface area contributed by atoms with Crippen LogP contribution in [0, 0.1) is 20.2 Å². The number of nitrogens with one attached hydrogen (secondary N) is 1. The van der Waals surface area contributed by atoms with Gasteiger partial charge in [-0.2, -0.15) is 0 Å². The average Bonchev–Trinajstić information content (AvgIpc) is 2.48. The lowest BCUT2D eigenvalue weighted by Gasteiger charge is -2.21.